The van der Waals surface area contributed by atoms with E-state index in [4.69, 9.17) is 9.84 Å². The first-order valence-electron chi connectivity index (χ1n) is 5.24. The molecule has 1 aromatic heterocycles. The lowest BCUT2D eigenvalue weighted by Gasteiger charge is -2.09. The molecule has 0 amide bonds. The highest BCUT2D eigenvalue weighted by atomic mass is 19.1. The molecule has 5 nitrogen and oxygen atoms in total. The monoisotopic (exact) mass is 268 g/mol. The van der Waals surface area contributed by atoms with Crippen LogP contribution in [-0.2, 0) is 7.05 Å². The molecule has 0 aliphatic carbocycles. The minimum atomic E-state index is -1.22. The Hall–Kier alpha value is -2.44. The van der Waals surface area contributed by atoms with Crippen LogP contribution < -0.4 is 4.74 Å². The molecule has 0 bridgehead atoms. The summed E-state index contributed by atoms with van der Waals surface area (Å²) >= 11 is 0. The van der Waals surface area contributed by atoms with Gasteiger partial charge in [-0.05, 0) is 12.1 Å². The Bertz CT molecular complexity index is 653. The minimum absolute atomic E-state index is 0.0995. The molecule has 2 aromatic rings. The maximum atomic E-state index is 13.6. The van der Waals surface area contributed by atoms with E-state index in [1.54, 1.807) is 0 Å². The number of carbonyl (C=O) groups is 1. The lowest BCUT2D eigenvalue weighted by Crippen LogP contribution is -2.00. The van der Waals surface area contributed by atoms with Crippen molar-refractivity contribution >= 4 is 5.97 Å². The molecule has 0 atom stereocenters. The largest absolute Gasteiger partial charge is 0.493 e. The second-order valence-corrected chi connectivity index (χ2v) is 3.81. The fourth-order valence-electron chi connectivity index (χ4n) is 1.78. The van der Waals surface area contributed by atoms with E-state index >= 15 is 0 Å². The second-order valence-electron chi connectivity index (χ2n) is 3.81. The summed E-state index contributed by atoms with van der Waals surface area (Å²) in [6.45, 7) is 0. The molecular formula is C12H10F2N2O3. The van der Waals surface area contributed by atoms with E-state index in [2.05, 4.69) is 5.10 Å². The fraction of sp³-hybridized carbons (Fsp3) is 0.167. The minimum Gasteiger partial charge on any atom is -0.493 e. The number of aryl methyl sites for hydroxylation is 1. The van der Waals surface area contributed by atoms with Gasteiger partial charge < -0.3 is 9.84 Å². The number of hydrogen-bond acceptors (Lipinski definition) is 3. The summed E-state index contributed by atoms with van der Waals surface area (Å²) in [7, 11) is 2.72. The number of carboxylic acids is 1. The van der Waals surface area contributed by atoms with Crippen molar-refractivity contribution in [3.05, 3.63) is 35.5 Å². The van der Waals surface area contributed by atoms with Gasteiger partial charge in [0.1, 0.15) is 5.82 Å². The molecule has 0 aliphatic heterocycles. The number of carboxylic acid groups (broad SMARTS) is 1. The lowest BCUT2D eigenvalue weighted by atomic mass is 10.1. The van der Waals surface area contributed by atoms with E-state index in [0.717, 1.165) is 6.07 Å². The zero-order valence-corrected chi connectivity index (χ0v) is 10.1. The molecular weight excluding hydrogens is 258 g/mol. The molecule has 1 heterocycles. The van der Waals surface area contributed by atoms with Crippen molar-refractivity contribution in [3.63, 3.8) is 0 Å². The van der Waals surface area contributed by atoms with Gasteiger partial charge in [0.15, 0.2) is 17.3 Å². The first kappa shape index (κ1) is 13.0. The Labute approximate surface area is 107 Å². The van der Waals surface area contributed by atoms with Crippen LogP contribution >= 0.6 is 0 Å². The van der Waals surface area contributed by atoms with E-state index in [-0.39, 0.29) is 22.7 Å². The van der Waals surface area contributed by atoms with Crippen LogP contribution in [0.3, 0.4) is 0 Å². The van der Waals surface area contributed by atoms with Gasteiger partial charge in [0.2, 0.25) is 0 Å². The van der Waals surface area contributed by atoms with Gasteiger partial charge in [-0.3, -0.25) is 4.68 Å². The highest BCUT2D eigenvalue weighted by Gasteiger charge is 2.19. The lowest BCUT2D eigenvalue weighted by molar-refractivity contribution is 0.0689. The summed E-state index contributed by atoms with van der Waals surface area (Å²) in [5.74, 6) is -3.04. The Kier molecular flexibility index (Phi) is 3.20. The molecule has 0 aliphatic rings. The highest BCUT2D eigenvalue weighted by molar-refractivity contribution is 5.87. The molecule has 0 spiro atoms. The summed E-state index contributed by atoms with van der Waals surface area (Å²) in [6, 6.07) is 2.97. The summed E-state index contributed by atoms with van der Waals surface area (Å²) in [4.78, 5) is 10.8. The van der Waals surface area contributed by atoms with Gasteiger partial charge >= 0.3 is 5.97 Å². The smallest absolute Gasteiger partial charge is 0.356 e. The van der Waals surface area contributed by atoms with Crippen molar-refractivity contribution in [2.24, 2.45) is 7.05 Å². The summed E-state index contributed by atoms with van der Waals surface area (Å²) < 4.78 is 33.0. The normalized spacial score (nSPS) is 10.5. The number of halogens is 2. The van der Waals surface area contributed by atoms with Crippen LogP contribution in [0.15, 0.2) is 18.2 Å². The molecule has 100 valence electrons. The van der Waals surface area contributed by atoms with Gasteiger partial charge in [-0.25, -0.2) is 13.6 Å². The van der Waals surface area contributed by atoms with Crippen LogP contribution in [0.25, 0.3) is 11.3 Å². The van der Waals surface area contributed by atoms with Crippen molar-refractivity contribution in [2.45, 2.75) is 0 Å². The number of nitrogens with zero attached hydrogens (tertiary/aromatic N) is 2. The Morgan fingerprint density at radius 2 is 2.05 bits per heavy atom. The van der Waals surface area contributed by atoms with Crippen LogP contribution in [0.1, 0.15) is 10.5 Å². The maximum Gasteiger partial charge on any atom is 0.356 e. The zero-order valence-electron chi connectivity index (χ0n) is 10.1. The predicted octanol–water partition coefficient (Wildman–Crippen LogP) is 2.07. The third-order valence-electron chi connectivity index (χ3n) is 2.59. The molecule has 1 aromatic carbocycles. The number of aromatic carboxylic acids is 1. The number of ether oxygens (including phenoxy) is 1. The average molecular weight is 268 g/mol. The van der Waals surface area contributed by atoms with Crippen LogP contribution in [0.2, 0.25) is 0 Å². The molecule has 0 unspecified atom stereocenters. The van der Waals surface area contributed by atoms with Crippen LogP contribution in [0.5, 0.6) is 5.75 Å². The predicted molar refractivity (Wildman–Crippen MR) is 62.1 cm³/mol. The van der Waals surface area contributed by atoms with Gasteiger partial charge in [-0.1, -0.05) is 0 Å². The molecule has 1 N–H and O–H groups in total. The van der Waals surface area contributed by atoms with Crippen molar-refractivity contribution in [3.8, 4) is 17.0 Å². The number of methoxy groups -OCH3 is 1. The van der Waals surface area contributed by atoms with Crippen molar-refractivity contribution in [2.75, 3.05) is 7.11 Å². The van der Waals surface area contributed by atoms with Gasteiger partial charge in [0.25, 0.3) is 0 Å². The molecule has 19 heavy (non-hydrogen) atoms. The van der Waals surface area contributed by atoms with Gasteiger partial charge in [-0.2, -0.15) is 5.10 Å². The molecule has 0 radical (unpaired) electrons. The Morgan fingerprint density at radius 3 is 2.58 bits per heavy atom. The maximum absolute atomic E-state index is 13.6. The quantitative estimate of drug-likeness (QED) is 0.925. The highest BCUT2D eigenvalue weighted by Crippen LogP contribution is 2.33. The van der Waals surface area contributed by atoms with E-state index in [9.17, 15) is 13.6 Å². The topological polar surface area (TPSA) is 64.3 Å². The molecule has 0 saturated heterocycles. The Balaban J connectivity index is 2.67. The van der Waals surface area contributed by atoms with Crippen molar-refractivity contribution in [1.82, 2.24) is 9.78 Å². The molecule has 2 rings (SSSR count). The second kappa shape index (κ2) is 4.68. The first-order chi connectivity index (χ1) is 8.93. The summed E-state index contributed by atoms with van der Waals surface area (Å²) in [6.07, 6.45) is 0. The van der Waals surface area contributed by atoms with E-state index in [1.165, 1.54) is 24.9 Å². The molecule has 0 saturated carbocycles. The summed E-state index contributed by atoms with van der Waals surface area (Å²) in [5.41, 5.74) is 0.124. The first-order valence-corrected chi connectivity index (χ1v) is 5.24. The standard InChI is InChI=1S/C12H10F2N2O3/c1-16-10(5-9(15-16)12(17)18)7-3-6(13)4-8(14)11(7)19-2/h3-5H,1-2H3,(H,17,18). The molecule has 0 fully saturated rings. The van der Waals surface area contributed by atoms with Gasteiger partial charge in [-0.15, -0.1) is 0 Å². The van der Waals surface area contributed by atoms with Gasteiger partial charge in [0.05, 0.1) is 12.8 Å². The van der Waals surface area contributed by atoms with Gasteiger partial charge in [0, 0.05) is 18.7 Å². The van der Waals surface area contributed by atoms with E-state index in [1.807, 2.05) is 0 Å². The van der Waals surface area contributed by atoms with Crippen LogP contribution in [0, 0.1) is 11.6 Å². The zero-order chi connectivity index (χ0) is 14.2. The Morgan fingerprint density at radius 1 is 1.37 bits per heavy atom. The summed E-state index contributed by atoms with van der Waals surface area (Å²) in [5, 5.41) is 12.6. The van der Waals surface area contributed by atoms with E-state index < -0.39 is 17.6 Å². The third-order valence-corrected chi connectivity index (χ3v) is 2.59. The fourth-order valence-corrected chi connectivity index (χ4v) is 1.78. The van der Waals surface area contributed by atoms with Crippen LogP contribution in [0.4, 0.5) is 8.78 Å². The molecule has 7 heteroatoms. The average Bonchev–Trinajstić information content (AvgIpc) is 2.70. The number of rotatable bonds is 3. The van der Waals surface area contributed by atoms with Crippen molar-refractivity contribution < 1.29 is 23.4 Å². The van der Waals surface area contributed by atoms with Crippen LogP contribution in [-0.4, -0.2) is 28.0 Å². The van der Waals surface area contributed by atoms with Crippen molar-refractivity contribution in [1.29, 1.82) is 0 Å². The number of hydrogen-bond donors (Lipinski definition) is 1. The number of aromatic nitrogens is 2. The van der Waals surface area contributed by atoms with E-state index in [0.29, 0.717) is 6.07 Å². The SMILES string of the molecule is COc1c(F)cc(F)cc1-c1cc(C(=O)O)nn1C. The third kappa shape index (κ3) is 2.26. The number of benzene rings is 1.